The van der Waals surface area contributed by atoms with Crippen molar-refractivity contribution in [3.63, 3.8) is 0 Å². The van der Waals surface area contributed by atoms with E-state index in [1.54, 1.807) is 0 Å². The SMILES string of the molecule is CCC.Fc1cc(C(F)F)cc2c1CCC2. The molecule has 0 fully saturated rings. The van der Waals surface area contributed by atoms with Crippen LogP contribution in [0.5, 0.6) is 0 Å². The predicted molar refractivity (Wildman–Crippen MR) is 59.3 cm³/mol. The molecule has 0 saturated carbocycles. The third kappa shape index (κ3) is 3.00. The van der Waals surface area contributed by atoms with Crippen molar-refractivity contribution < 1.29 is 13.2 Å². The van der Waals surface area contributed by atoms with Gasteiger partial charge in [-0.15, -0.1) is 0 Å². The number of halogens is 3. The molecule has 1 aliphatic rings. The highest BCUT2D eigenvalue weighted by Gasteiger charge is 2.19. The summed E-state index contributed by atoms with van der Waals surface area (Å²) in [6.07, 6.45) is 0.969. The zero-order valence-corrected chi connectivity index (χ0v) is 9.69. The Labute approximate surface area is 94.5 Å². The van der Waals surface area contributed by atoms with Gasteiger partial charge in [0, 0.05) is 5.56 Å². The molecule has 3 heteroatoms. The summed E-state index contributed by atoms with van der Waals surface area (Å²) < 4.78 is 37.7. The average molecular weight is 230 g/mol. The van der Waals surface area contributed by atoms with Crippen LogP contribution in [-0.4, -0.2) is 0 Å². The Bertz CT molecular complexity index is 345. The van der Waals surface area contributed by atoms with Crippen LogP contribution >= 0.6 is 0 Å². The molecule has 0 nitrogen and oxygen atoms in total. The maximum atomic E-state index is 13.2. The fraction of sp³-hybridized carbons (Fsp3) is 0.538. The van der Waals surface area contributed by atoms with Gasteiger partial charge in [0.15, 0.2) is 0 Å². The Hall–Kier alpha value is -0.990. The lowest BCUT2D eigenvalue weighted by molar-refractivity contribution is 0.151. The lowest BCUT2D eigenvalue weighted by Gasteiger charge is -2.05. The topological polar surface area (TPSA) is 0 Å². The molecule has 0 aliphatic heterocycles. The summed E-state index contributed by atoms with van der Waals surface area (Å²) in [7, 11) is 0. The number of aryl methyl sites for hydroxylation is 1. The van der Waals surface area contributed by atoms with Crippen molar-refractivity contribution in [3.8, 4) is 0 Å². The van der Waals surface area contributed by atoms with Crippen LogP contribution in [-0.2, 0) is 12.8 Å². The lowest BCUT2D eigenvalue weighted by Crippen LogP contribution is -1.93. The second kappa shape index (κ2) is 5.92. The summed E-state index contributed by atoms with van der Waals surface area (Å²) in [5.41, 5.74) is 1.19. The first-order valence-corrected chi connectivity index (χ1v) is 5.69. The maximum absolute atomic E-state index is 13.2. The molecular weight excluding hydrogens is 213 g/mol. The van der Waals surface area contributed by atoms with E-state index in [2.05, 4.69) is 13.8 Å². The number of benzene rings is 1. The van der Waals surface area contributed by atoms with Gasteiger partial charge in [0.25, 0.3) is 6.43 Å². The van der Waals surface area contributed by atoms with Gasteiger partial charge < -0.3 is 0 Å². The first-order valence-electron chi connectivity index (χ1n) is 5.69. The number of rotatable bonds is 1. The molecule has 0 radical (unpaired) electrons. The standard InChI is InChI=1S/C10H9F3.C3H8/c11-9-5-7(10(12)13)4-6-2-1-3-8(6)9;1-3-2/h4-5,10H,1-3H2;3H2,1-2H3. The molecule has 0 atom stereocenters. The molecule has 0 heterocycles. The Kier molecular flexibility index (Phi) is 4.84. The van der Waals surface area contributed by atoms with E-state index < -0.39 is 12.2 Å². The van der Waals surface area contributed by atoms with E-state index in [1.165, 1.54) is 12.5 Å². The minimum Gasteiger partial charge on any atom is -0.207 e. The number of hydrogen-bond acceptors (Lipinski definition) is 0. The van der Waals surface area contributed by atoms with Crippen LogP contribution < -0.4 is 0 Å². The molecule has 0 spiro atoms. The van der Waals surface area contributed by atoms with E-state index in [1.807, 2.05) is 0 Å². The van der Waals surface area contributed by atoms with E-state index in [9.17, 15) is 13.2 Å². The van der Waals surface area contributed by atoms with E-state index >= 15 is 0 Å². The Morgan fingerprint density at radius 1 is 1.19 bits per heavy atom. The second-order valence-corrected chi connectivity index (χ2v) is 4.00. The van der Waals surface area contributed by atoms with Gasteiger partial charge in [0.05, 0.1) is 0 Å². The molecule has 0 saturated heterocycles. The summed E-state index contributed by atoms with van der Waals surface area (Å²) in [6, 6.07) is 2.38. The van der Waals surface area contributed by atoms with E-state index in [-0.39, 0.29) is 5.56 Å². The summed E-state index contributed by atoms with van der Waals surface area (Å²) in [5.74, 6) is -0.467. The van der Waals surface area contributed by atoms with Crippen LogP contribution in [0.2, 0.25) is 0 Å². The highest BCUT2D eigenvalue weighted by atomic mass is 19.3. The Morgan fingerprint density at radius 2 is 1.81 bits per heavy atom. The van der Waals surface area contributed by atoms with E-state index in [0.29, 0.717) is 12.0 Å². The molecule has 16 heavy (non-hydrogen) atoms. The van der Waals surface area contributed by atoms with Crippen molar-refractivity contribution in [1.82, 2.24) is 0 Å². The number of hydrogen-bond donors (Lipinski definition) is 0. The number of fused-ring (bicyclic) bond motifs is 1. The van der Waals surface area contributed by atoms with Crippen LogP contribution in [0.15, 0.2) is 12.1 Å². The highest BCUT2D eigenvalue weighted by molar-refractivity contribution is 5.37. The average Bonchev–Trinajstić information content (AvgIpc) is 2.67. The van der Waals surface area contributed by atoms with Crippen LogP contribution in [0.3, 0.4) is 0 Å². The fourth-order valence-electron chi connectivity index (χ4n) is 1.80. The maximum Gasteiger partial charge on any atom is 0.263 e. The normalized spacial score (nSPS) is 13.4. The van der Waals surface area contributed by atoms with Gasteiger partial charge in [-0.1, -0.05) is 20.3 Å². The number of alkyl halides is 2. The first kappa shape index (κ1) is 13.1. The third-order valence-corrected chi connectivity index (χ3v) is 2.44. The zero-order chi connectivity index (χ0) is 12.1. The Balaban J connectivity index is 0.000000386. The fourth-order valence-corrected chi connectivity index (χ4v) is 1.80. The molecule has 0 bridgehead atoms. The predicted octanol–water partition coefficient (Wildman–Crippen LogP) is 4.67. The second-order valence-electron chi connectivity index (χ2n) is 4.00. The Morgan fingerprint density at radius 3 is 2.38 bits per heavy atom. The summed E-state index contributed by atoms with van der Waals surface area (Å²) in [6.45, 7) is 4.25. The summed E-state index contributed by atoms with van der Waals surface area (Å²) in [4.78, 5) is 0. The van der Waals surface area contributed by atoms with Gasteiger partial charge in [-0.25, -0.2) is 13.2 Å². The molecule has 1 aliphatic carbocycles. The molecule has 0 unspecified atom stereocenters. The monoisotopic (exact) mass is 230 g/mol. The largest absolute Gasteiger partial charge is 0.263 e. The van der Waals surface area contributed by atoms with Crippen molar-refractivity contribution in [3.05, 3.63) is 34.6 Å². The van der Waals surface area contributed by atoms with Crippen molar-refractivity contribution in [2.45, 2.75) is 46.0 Å². The zero-order valence-electron chi connectivity index (χ0n) is 9.69. The quantitative estimate of drug-likeness (QED) is 0.657. The van der Waals surface area contributed by atoms with Crippen LogP contribution in [0.1, 0.15) is 49.8 Å². The van der Waals surface area contributed by atoms with Gasteiger partial charge in [-0.3, -0.25) is 0 Å². The first-order chi connectivity index (χ1) is 7.60. The smallest absolute Gasteiger partial charge is 0.207 e. The summed E-state index contributed by atoms with van der Waals surface area (Å²) >= 11 is 0. The third-order valence-electron chi connectivity index (χ3n) is 2.44. The van der Waals surface area contributed by atoms with Crippen LogP contribution in [0.25, 0.3) is 0 Å². The molecular formula is C13H17F3. The molecule has 0 N–H and O–H groups in total. The van der Waals surface area contributed by atoms with Gasteiger partial charge in [0.2, 0.25) is 0 Å². The van der Waals surface area contributed by atoms with Crippen molar-refractivity contribution in [1.29, 1.82) is 0 Å². The highest BCUT2D eigenvalue weighted by Crippen LogP contribution is 2.29. The van der Waals surface area contributed by atoms with Gasteiger partial charge in [-0.2, -0.15) is 0 Å². The molecule has 0 amide bonds. The van der Waals surface area contributed by atoms with Crippen LogP contribution in [0.4, 0.5) is 13.2 Å². The van der Waals surface area contributed by atoms with Crippen molar-refractivity contribution in [2.24, 2.45) is 0 Å². The lowest BCUT2D eigenvalue weighted by atomic mass is 10.1. The van der Waals surface area contributed by atoms with E-state index in [0.717, 1.165) is 24.5 Å². The molecule has 0 aromatic heterocycles. The molecule has 1 aromatic carbocycles. The van der Waals surface area contributed by atoms with Crippen molar-refractivity contribution in [2.75, 3.05) is 0 Å². The molecule has 2 rings (SSSR count). The minimum absolute atomic E-state index is 0.196. The van der Waals surface area contributed by atoms with Crippen LogP contribution in [0, 0.1) is 5.82 Å². The minimum atomic E-state index is -2.57. The molecule has 90 valence electrons. The molecule has 1 aromatic rings. The summed E-state index contributed by atoms with van der Waals surface area (Å²) in [5, 5.41) is 0. The van der Waals surface area contributed by atoms with Gasteiger partial charge >= 0.3 is 0 Å². The van der Waals surface area contributed by atoms with Gasteiger partial charge in [0.1, 0.15) is 5.82 Å². The van der Waals surface area contributed by atoms with Crippen molar-refractivity contribution >= 4 is 0 Å². The van der Waals surface area contributed by atoms with Gasteiger partial charge in [-0.05, 0) is 42.5 Å². The van der Waals surface area contributed by atoms with E-state index in [4.69, 9.17) is 0 Å².